The molecule has 138 valence electrons. The minimum absolute atomic E-state index is 0.0792. The van der Waals surface area contributed by atoms with Gasteiger partial charge in [-0.15, -0.1) is 0 Å². The third-order valence-corrected chi connectivity index (χ3v) is 4.46. The van der Waals surface area contributed by atoms with Crippen molar-refractivity contribution in [1.29, 1.82) is 0 Å². The van der Waals surface area contributed by atoms with Crippen molar-refractivity contribution in [2.75, 3.05) is 14.2 Å². The number of aryl methyl sites for hydroxylation is 2. The average Bonchev–Trinajstić information content (AvgIpc) is 3.08. The zero-order chi connectivity index (χ0) is 19.6. The zero-order valence-electron chi connectivity index (χ0n) is 15.8. The fourth-order valence-electron chi connectivity index (χ4n) is 3.01. The summed E-state index contributed by atoms with van der Waals surface area (Å²) in [5.74, 6) is -1.22. The van der Waals surface area contributed by atoms with E-state index in [0.717, 1.165) is 22.3 Å². The average molecular weight is 363 g/mol. The van der Waals surface area contributed by atoms with Crippen molar-refractivity contribution in [3.05, 3.63) is 70.9 Å². The minimum Gasteiger partial charge on any atom is -0.465 e. The van der Waals surface area contributed by atoms with Crippen LogP contribution in [0.1, 0.15) is 32.0 Å². The smallest absolute Gasteiger partial charge is 0.355 e. The largest absolute Gasteiger partial charge is 0.465 e. The number of benzene rings is 2. The van der Waals surface area contributed by atoms with Crippen molar-refractivity contribution in [2.24, 2.45) is 0 Å². The summed E-state index contributed by atoms with van der Waals surface area (Å²) in [6.07, 6.45) is 0. The predicted octanol–water partition coefficient (Wildman–Crippen LogP) is 4.54. The van der Waals surface area contributed by atoms with E-state index in [-0.39, 0.29) is 11.3 Å². The van der Waals surface area contributed by atoms with Gasteiger partial charge in [0.2, 0.25) is 0 Å². The molecule has 0 atom stereocenters. The molecule has 0 fully saturated rings. The third kappa shape index (κ3) is 3.49. The van der Waals surface area contributed by atoms with Gasteiger partial charge in [0, 0.05) is 5.56 Å². The van der Waals surface area contributed by atoms with E-state index in [2.05, 4.69) is 4.98 Å². The van der Waals surface area contributed by atoms with Crippen molar-refractivity contribution < 1.29 is 19.1 Å². The number of rotatable bonds is 4. The second-order valence-corrected chi connectivity index (χ2v) is 6.34. The number of ether oxygens (including phenoxy) is 2. The summed E-state index contributed by atoms with van der Waals surface area (Å²) in [4.78, 5) is 28.0. The molecule has 5 heteroatoms. The molecule has 0 aliphatic heterocycles. The van der Waals surface area contributed by atoms with Gasteiger partial charge in [0.1, 0.15) is 11.3 Å². The summed E-state index contributed by atoms with van der Waals surface area (Å²) in [6.45, 7) is 3.99. The Morgan fingerprint density at radius 1 is 0.741 bits per heavy atom. The highest BCUT2D eigenvalue weighted by molar-refractivity contribution is 6.10. The van der Waals surface area contributed by atoms with Gasteiger partial charge >= 0.3 is 11.9 Å². The second kappa shape index (κ2) is 7.50. The number of methoxy groups -OCH3 is 2. The first kappa shape index (κ1) is 18.5. The maximum Gasteiger partial charge on any atom is 0.355 e. The third-order valence-electron chi connectivity index (χ3n) is 4.46. The van der Waals surface area contributed by atoms with Crippen LogP contribution in [-0.4, -0.2) is 31.1 Å². The fraction of sp³-hybridized carbons (Fsp3) is 0.182. The van der Waals surface area contributed by atoms with Crippen molar-refractivity contribution in [2.45, 2.75) is 13.8 Å². The molecule has 0 unspecified atom stereocenters. The van der Waals surface area contributed by atoms with Crippen LogP contribution in [0.5, 0.6) is 0 Å². The van der Waals surface area contributed by atoms with Crippen molar-refractivity contribution in [3.8, 4) is 22.4 Å². The van der Waals surface area contributed by atoms with Crippen LogP contribution < -0.4 is 0 Å². The van der Waals surface area contributed by atoms with Gasteiger partial charge in [0.05, 0.1) is 19.9 Å². The Balaban J connectivity index is 2.36. The van der Waals surface area contributed by atoms with Gasteiger partial charge in [-0.05, 0) is 25.0 Å². The number of aromatic nitrogens is 1. The molecule has 0 aliphatic rings. The van der Waals surface area contributed by atoms with Crippen LogP contribution in [0.3, 0.4) is 0 Å². The molecule has 0 saturated carbocycles. The Bertz CT molecular complexity index is 982. The maximum atomic E-state index is 12.6. The van der Waals surface area contributed by atoms with Gasteiger partial charge in [0.25, 0.3) is 0 Å². The van der Waals surface area contributed by atoms with Gasteiger partial charge in [-0.25, -0.2) is 9.59 Å². The molecule has 0 bridgehead atoms. The lowest BCUT2D eigenvalue weighted by atomic mass is 9.96. The van der Waals surface area contributed by atoms with E-state index in [1.165, 1.54) is 14.2 Å². The lowest BCUT2D eigenvalue weighted by Gasteiger charge is -2.08. The molecule has 0 spiro atoms. The van der Waals surface area contributed by atoms with Crippen LogP contribution in [0, 0.1) is 13.8 Å². The Hall–Kier alpha value is -3.34. The molecule has 1 aromatic heterocycles. The summed E-state index contributed by atoms with van der Waals surface area (Å²) < 4.78 is 9.83. The number of hydrogen-bond donors (Lipinski definition) is 1. The van der Waals surface area contributed by atoms with Crippen LogP contribution in [-0.2, 0) is 9.47 Å². The summed E-state index contributed by atoms with van der Waals surface area (Å²) in [7, 11) is 2.57. The number of aromatic amines is 1. The molecule has 0 aliphatic carbocycles. The molecular formula is C22H21NO4. The van der Waals surface area contributed by atoms with Gasteiger partial charge in [-0.1, -0.05) is 59.7 Å². The number of carbonyl (C=O) groups is 2. The molecule has 1 heterocycles. The Kier molecular flexibility index (Phi) is 5.12. The zero-order valence-corrected chi connectivity index (χ0v) is 15.8. The minimum atomic E-state index is -0.623. The summed E-state index contributed by atoms with van der Waals surface area (Å²) >= 11 is 0. The molecule has 0 radical (unpaired) electrons. The summed E-state index contributed by atoms with van der Waals surface area (Å²) in [5.41, 5.74) is 5.41. The standard InChI is InChI=1S/C22H21NO4/c1-13-5-9-15(10-6-13)17-18(21(24)26-3)20(22(25)27-4)23-19(17)16-11-7-14(2)8-12-16/h5-12,23H,1-4H3. The molecule has 2 aromatic carbocycles. The number of carbonyl (C=O) groups excluding carboxylic acids is 2. The van der Waals surface area contributed by atoms with E-state index >= 15 is 0 Å². The van der Waals surface area contributed by atoms with Crippen LogP contribution >= 0.6 is 0 Å². The Morgan fingerprint density at radius 2 is 1.22 bits per heavy atom. The van der Waals surface area contributed by atoms with Gasteiger partial charge < -0.3 is 14.5 Å². The molecule has 3 aromatic rings. The topological polar surface area (TPSA) is 68.4 Å². The lowest BCUT2D eigenvalue weighted by Crippen LogP contribution is -2.11. The first-order chi connectivity index (χ1) is 13.0. The van der Waals surface area contributed by atoms with Gasteiger partial charge in [-0.2, -0.15) is 0 Å². The van der Waals surface area contributed by atoms with E-state index in [1.807, 2.05) is 62.4 Å². The van der Waals surface area contributed by atoms with Crippen molar-refractivity contribution >= 4 is 11.9 Å². The SMILES string of the molecule is COC(=O)c1[nH]c(-c2ccc(C)cc2)c(-c2ccc(C)cc2)c1C(=O)OC. The molecule has 3 rings (SSSR count). The highest BCUT2D eigenvalue weighted by Gasteiger charge is 2.29. The molecule has 0 saturated heterocycles. The number of esters is 2. The highest BCUT2D eigenvalue weighted by atomic mass is 16.5. The molecule has 27 heavy (non-hydrogen) atoms. The number of hydrogen-bond acceptors (Lipinski definition) is 4. The van der Waals surface area contributed by atoms with E-state index in [4.69, 9.17) is 9.47 Å². The van der Waals surface area contributed by atoms with Crippen LogP contribution in [0.15, 0.2) is 48.5 Å². The van der Waals surface area contributed by atoms with Crippen molar-refractivity contribution in [3.63, 3.8) is 0 Å². The monoisotopic (exact) mass is 363 g/mol. The van der Waals surface area contributed by atoms with Gasteiger partial charge in [-0.3, -0.25) is 0 Å². The first-order valence-corrected chi connectivity index (χ1v) is 8.53. The fourth-order valence-corrected chi connectivity index (χ4v) is 3.01. The first-order valence-electron chi connectivity index (χ1n) is 8.53. The Labute approximate surface area is 157 Å². The molecule has 1 N–H and O–H groups in total. The second-order valence-electron chi connectivity index (χ2n) is 6.34. The van der Waals surface area contributed by atoms with E-state index in [0.29, 0.717) is 11.3 Å². The van der Waals surface area contributed by atoms with Crippen LogP contribution in [0.2, 0.25) is 0 Å². The predicted molar refractivity (Wildman–Crippen MR) is 104 cm³/mol. The molecule has 0 amide bonds. The molecular weight excluding hydrogens is 342 g/mol. The quantitative estimate of drug-likeness (QED) is 0.691. The van der Waals surface area contributed by atoms with E-state index < -0.39 is 11.9 Å². The Morgan fingerprint density at radius 3 is 1.70 bits per heavy atom. The van der Waals surface area contributed by atoms with E-state index in [1.54, 1.807) is 0 Å². The maximum absolute atomic E-state index is 12.6. The van der Waals surface area contributed by atoms with E-state index in [9.17, 15) is 9.59 Å². The number of nitrogens with one attached hydrogen (secondary N) is 1. The van der Waals surface area contributed by atoms with Gasteiger partial charge in [0.15, 0.2) is 0 Å². The van der Waals surface area contributed by atoms with Crippen LogP contribution in [0.4, 0.5) is 0 Å². The molecule has 5 nitrogen and oxygen atoms in total. The van der Waals surface area contributed by atoms with Crippen LogP contribution in [0.25, 0.3) is 22.4 Å². The van der Waals surface area contributed by atoms with Crippen molar-refractivity contribution in [1.82, 2.24) is 4.98 Å². The summed E-state index contributed by atoms with van der Waals surface area (Å²) in [6, 6.07) is 15.6. The number of H-pyrrole nitrogens is 1. The highest BCUT2D eigenvalue weighted by Crippen LogP contribution is 2.37. The lowest BCUT2D eigenvalue weighted by molar-refractivity contribution is 0.0552. The normalized spacial score (nSPS) is 10.5. The summed E-state index contributed by atoms with van der Waals surface area (Å²) in [5, 5.41) is 0.